The molecule has 3 rings (SSSR count). The first-order valence-electron chi connectivity index (χ1n) is 7.43. The molecule has 1 saturated heterocycles. The molecule has 0 aromatic heterocycles. The zero-order valence-electron chi connectivity index (χ0n) is 12.2. The lowest BCUT2D eigenvalue weighted by molar-refractivity contribution is -0.122. The molecular formula is C16H20N2O3. The lowest BCUT2D eigenvalue weighted by atomic mass is 9.95. The van der Waals surface area contributed by atoms with Crippen LogP contribution in [0.4, 0.5) is 5.69 Å². The molecule has 0 radical (unpaired) electrons. The van der Waals surface area contributed by atoms with Crippen molar-refractivity contribution in [1.29, 1.82) is 0 Å². The molecule has 1 fully saturated rings. The summed E-state index contributed by atoms with van der Waals surface area (Å²) in [5, 5.41) is 9.30. The minimum absolute atomic E-state index is 0.0365. The van der Waals surface area contributed by atoms with Gasteiger partial charge in [0, 0.05) is 18.8 Å². The average Bonchev–Trinajstić information content (AvgIpc) is 2.91. The Bertz CT molecular complexity index is 585. The van der Waals surface area contributed by atoms with E-state index < -0.39 is 5.97 Å². The van der Waals surface area contributed by atoms with Crippen molar-refractivity contribution < 1.29 is 14.7 Å². The molecule has 2 heterocycles. The number of carboxylic acid groups (broad SMARTS) is 1. The van der Waals surface area contributed by atoms with E-state index in [4.69, 9.17) is 0 Å². The summed E-state index contributed by atoms with van der Waals surface area (Å²) in [4.78, 5) is 28.0. The Labute approximate surface area is 124 Å². The van der Waals surface area contributed by atoms with Crippen molar-refractivity contribution in [3.05, 3.63) is 29.3 Å². The number of nitrogens with zero attached hydrogens (tertiary/aromatic N) is 2. The molecule has 1 aromatic carbocycles. The number of likely N-dealkylation sites (tertiary alicyclic amines) is 1. The van der Waals surface area contributed by atoms with Gasteiger partial charge in [-0.15, -0.1) is 0 Å². The molecule has 2 aliphatic heterocycles. The van der Waals surface area contributed by atoms with E-state index in [2.05, 4.69) is 4.90 Å². The Hall–Kier alpha value is -1.88. The van der Waals surface area contributed by atoms with Gasteiger partial charge >= 0.3 is 5.97 Å². The predicted molar refractivity (Wildman–Crippen MR) is 79.7 cm³/mol. The fourth-order valence-corrected chi connectivity index (χ4v) is 3.41. The second-order valence-electron chi connectivity index (χ2n) is 5.95. The van der Waals surface area contributed by atoms with E-state index in [1.165, 1.54) is 0 Å². The second kappa shape index (κ2) is 5.48. The summed E-state index contributed by atoms with van der Waals surface area (Å²) in [6.07, 6.45) is 2.44. The number of carbonyl (C=O) groups is 2. The number of benzene rings is 1. The van der Waals surface area contributed by atoms with Crippen LogP contribution in [0.15, 0.2) is 18.2 Å². The van der Waals surface area contributed by atoms with Crippen LogP contribution in [0, 0.1) is 5.92 Å². The summed E-state index contributed by atoms with van der Waals surface area (Å²) < 4.78 is 0. The average molecular weight is 288 g/mol. The SMILES string of the molecule is CN1CCC(C(=O)N2CCCc3c(C(=O)O)cccc32)C1. The minimum atomic E-state index is -0.915. The van der Waals surface area contributed by atoms with Gasteiger partial charge in [-0.3, -0.25) is 4.79 Å². The maximum absolute atomic E-state index is 12.7. The molecule has 1 atom stereocenters. The third kappa shape index (κ3) is 2.53. The topological polar surface area (TPSA) is 60.9 Å². The summed E-state index contributed by atoms with van der Waals surface area (Å²) >= 11 is 0. The van der Waals surface area contributed by atoms with Gasteiger partial charge in [-0.05, 0) is 50.6 Å². The van der Waals surface area contributed by atoms with Crippen molar-refractivity contribution in [3.63, 3.8) is 0 Å². The molecular weight excluding hydrogens is 268 g/mol. The van der Waals surface area contributed by atoms with Crippen LogP contribution in [0.1, 0.15) is 28.8 Å². The van der Waals surface area contributed by atoms with Crippen LogP contribution in [0.5, 0.6) is 0 Å². The standard InChI is InChI=1S/C16H20N2O3/c1-17-9-7-11(10-17)15(19)18-8-3-5-12-13(16(20)21)4-2-6-14(12)18/h2,4,6,11H,3,5,7-10H2,1H3,(H,20,21). The molecule has 112 valence electrons. The van der Waals surface area contributed by atoms with Crippen LogP contribution in [0.3, 0.4) is 0 Å². The first kappa shape index (κ1) is 14.1. The smallest absolute Gasteiger partial charge is 0.336 e. The third-order valence-corrected chi connectivity index (χ3v) is 4.49. The molecule has 1 unspecified atom stereocenters. The minimum Gasteiger partial charge on any atom is -0.478 e. The first-order chi connectivity index (χ1) is 10.1. The van der Waals surface area contributed by atoms with Gasteiger partial charge in [0.15, 0.2) is 0 Å². The van der Waals surface area contributed by atoms with Crippen molar-refractivity contribution in [2.24, 2.45) is 5.92 Å². The molecule has 5 heteroatoms. The van der Waals surface area contributed by atoms with Crippen molar-refractivity contribution in [2.45, 2.75) is 19.3 Å². The van der Waals surface area contributed by atoms with E-state index in [0.717, 1.165) is 43.6 Å². The lowest BCUT2D eigenvalue weighted by Gasteiger charge is -2.32. The van der Waals surface area contributed by atoms with E-state index in [1.54, 1.807) is 17.0 Å². The number of hydrogen-bond acceptors (Lipinski definition) is 3. The lowest BCUT2D eigenvalue weighted by Crippen LogP contribution is -2.40. The van der Waals surface area contributed by atoms with Crippen LogP contribution < -0.4 is 4.90 Å². The Balaban J connectivity index is 1.92. The molecule has 0 bridgehead atoms. The number of aromatic carboxylic acids is 1. The predicted octanol–water partition coefficient (Wildman–Crippen LogP) is 1.62. The largest absolute Gasteiger partial charge is 0.478 e. The molecule has 1 aromatic rings. The van der Waals surface area contributed by atoms with Crippen molar-refractivity contribution in [2.75, 3.05) is 31.6 Å². The maximum Gasteiger partial charge on any atom is 0.336 e. The van der Waals surface area contributed by atoms with Crippen molar-refractivity contribution in [3.8, 4) is 0 Å². The zero-order chi connectivity index (χ0) is 15.0. The molecule has 0 saturated carbocycles. The maximum atomic E-state index is 12.7. The van der Waals surface area contributed by atoms with Gasteiger partial charge in [-0.1, -0.05) is 6.07 Å². The number of fused-ring (bicyclic) bond motifs is 1. The number of anilines is 1. The highest BCUT2D eigenvalue weighted by Crippen LogP contribution is 2.32. The summed E-state index contributed by atoms with van der Waals surface area (Å²) in [6.45, 7) is 2.44. The van der Waals surface area contributed by atoms with Crippen LogP contribution in [-0.2, 0) is 11.2 Å². The summed E-state index contributed by atoms with van der Waals surface area (Å²) in [7, 11) is 2.03. The van der Waals surface area contributed by atoms with Gasteiger partial charge in [0.05, 0.1) is 11.5 Å². The van der Waals surface area contributed by atoms with Gasteiger partial charge in [0.1, 0.15) is 0 Å². The highest BCUT2D eigenvalue weighted by molar-refractivity contribution is 5.99. The van der Waals surface area contributed by atoms with Crippen LogP contribution in [-0.4, -0.2) is 48.6 Å². The second-order valence-corrected chi connectivity index (χ2v) is 5.95. The van der Waals surface area contributed by atoms with Crippen molar-refractivity contribution >= 4 is 17.6 Å². The van der Waals surface area contributed by atoms with E-state index in [1.807, 2.05) is 13.1 Å². The van der Waals surface area contributed by atoms with Gasteiger partial charge in [0.25, 0.3) is 0 Å². The molecule has 21 heavy (non-hydrogen) atoms. The monoisotopic (exact) mass is 288 g/mol. The molecule has 5 nitrogen and oxygen atoms in total. The number of hydrogen-bond donors (Lipinski definition) is 1. The van der Waals surface area contributed by atoms with Gasteiger partial charge in [-0.25, -0.2) is 4.79 Å². The summed E-state index contributed by atoms with van der Waals surface area (Å²) in [5.41, 5.74) is 1.92. The Morgan fingerprint density at radius 1 is 1.29 bits per heavy atom. The number of rotatable bonds is 2. The Kier molecular flexibility index (Phi) is 3.68. The van der Waals surface area contributed by atoms with E-state index in [9.17, 15) is 14.7 Å². The highest BCUT2D eigenvalue weighted by atomic mass is 16.4. The van der Waals surface area contributed by atoms with Gasteiger partial charge in [-0.2, -0.15) is 0 Å². The van der Waals surface area contributed by atoms with E-state index in [0.29, 0.717) is 12.1 Å². The Morgan fingerprint density at radius 2 is 2.10 bits per heavy atom. The summed E-state index contributed by atoms with van der Waals surface area (Å²) in [6, 6.07) is 5.23. The number of carbonyl (C=O) groups excluding carboxylic acids is 1. The molecule has 2 aliphatic rings. The van der Waals surface area contributed by atoms with E-state index >= 15 is 0 Å². The zero-order valence-corrected chi connectivity index (χ0v) is 12.2. The molecule has 1 N–H and O–H groups in total. The first-order valence-corrected chi connectivity index (χ1v) is 7.43. The molecule has 0 spiro atoms. The van der Waals surface area contributed by atoms with Gasteiger partial charge < -0.3 is 14.9 Å². The Morgan fingerprint density at radius 3 is 2.76 bits per heavy atom. The number of amides is 1. The molecule has 0 aliphatic carbocycles. The van der Waals surface area contributed by atoms with Gasteiger partial charge in [0.2, 0.25) is 5.91 Å². The third-order valence-electron chi connectivity index (χ3n) is 4.49. The van der Waals surface area contributed by atoms with Crippen LogP contribution >= 0.6 is 0 Å². The quantitative estimate of drug-likeness (QED) is 0.898. The van der Waals surface area contributed by atoms with Crippen molar-refractivity contribution in [1.82, 2.24) is 4.90 Å². The highest BCUT2D eigenvalue weighted by Gasteiger charge is 2.33. The van der Waals surface area contributed by atoms with Crippen LogP contribution in [0.2, 0.25) is 0 Å². The van der Waals surface area contributed by atoms with E-state index in [-0.39, 0.29) is 11.8 Å². The molecule has 1 amide bonds. The fraction of sp³-hybridized carbons (Fsp3) is 0.500. The number of carboxylic acids is 1. The normalized spacial score (nSPS) is 22.1. The summed E-state index contributed by atoms with van der Waals surface area (Å²) in [5.74, 6) is -0.737. The fourth-order valence-electron chi connectivity index (χ4n) is 3.41. The van der Waals surface area contributed by atoms with Crippen LogP contribution in [0.25, 0.3) is 0 Å².